The van der Waals surface area contributed by atoms with Crippen LogP contribution in [0.2, 0.25) is 0 Å². The molecule has 1 saturated heterocycles. The van der Waals surface area contributed by atoms with Crippen LogP contribution in [0, 0.1) is 13.8 Å². The highest BCUT2D eigenvalue weighted by atomic mass is 16.7. The highest BCUT2D eigenvalue weighted by molar-refractivity contribution is 5.30. The van der Waals surface area contributed by atoms with Crippen molar-refractivity contribution in [2.24, 2.45) is 0 Å². The summed E-state index contributed by atoms with van der Waals surface area (Å²) in [5.41, 5.74) is 3.40. The van der Waals surface area contributed by atoms with Crippen LogP contribution in [-0.2, 0) is 9.47 Å². The van der Waals surface area contributed by atoms with Crippen molar-refractivity contribution in [3.05, 3.63) is 78.2 Å². The standard InChI is InChI=1S/C17H17O2/c1-12-8-6-7-11-15(12)16-13(2)18-17(19-16)14-9-4-3-5-10-14/h3-11,13,16-17H,2H2,1H3. The Morgan fingerprint density at radius 2 is 1.58 bits per heavy atom. The molecule has 0 aromatic heterocycles. The zero-order valence-corrected chi connectivity index (χ0v) is 11.0. The summed E-state index contributed by atoms with van der Waals surface area (Å²) in [5, 5.41) is 0. The molecule has 0 spiro atoms. The van der Waals surface area contributed by atoms with Gasteiger partial charge in [0.15, 0.2) is 6.29 Å². The van der Waals surface area contributed by atoms with E-state index in [-0.39, 0.29) is 18.5 Å². The second-order valence-electron chi connectivity index (χ2n) is 4.83. The second kappa shape index (κ2) is 5.16. The van der Waals surface area contributed by atoms with E-state index in [0.717, 1.165) is 11.1 Å². The van der Waals surface area contributed by atoms with Crippen LogP contribution in [-0.4, -0.2) is 6.10 Å². The van der Waals surface area contributed by atoms with E-state index in [1.807, 2.05) is 42.5 Å². The van der Waals surface area contributed by atoms with Gasteiger partial charge in [-0.2, -0.15) is 0 Å². The third-order valence-corrected chi connectivity index (χ3v) is 3.47. The Labute approximate surface area is 114 Å². The van der Waals surface area contributed by atoms with Gasteiger partial charge in [-0.05, 0) is 25.0 Å². The van der Waals surface area contributed by atoms with Crippen molar-refractivity contribution in [1.82, 2.24) is 0 Å². The normalized spacial score (nSPS) is 26.5. The number of benzene rings is 2. The SMILES string of the molecule is [CH2]C1OC(c2ccccc2)OC1c1ccccc1C. The summed E-state index contributed by atoms with van der Waals surface area (Å²) in [6.45, 7) is 6.15. The van der Waals surface area contributed by atoms with Crippen LogP contribution in [0.1, 0.15) is 29.1 Å². The number of hydrogen-bond donors (Lipinski definition) is 0. The first-order chi connectivity index (χ1) is 9.25. The van der Waals surface area contributed by atoms with Gasteiger partial charge in [-0.15, -0.1) is 0 Å². The Morgan fingerprint density at radius 3 is 2.32 bits per heavy atom. The van der Waals surface area contributed by atoms with E-state index in [9.17, 15) is 0 Å². The number of rotatable bonds is 2. The summed E-state index contributed by atoms with van der Waals surface area (Å²) < 4.78 is 11.9. The summed E-state index contributed by atoms with van der Waals surface area (Å²) in [5.74, 6) is 0. The maximum absolute atomic E-state index is 6.04. The first-order valence-electron chi connectivity index (χ1n) is 6.50. The minimum atomic E-state index is -0.326. The summed E-state index contributed by atoms with van der Waals surface area (Å²) in [6, 6.07) is 18.2. The van der Waals surface area contributed by atoms with Crippen LogP contribution < -0.4 is 0 Å². The van der Waals surface area contributed by atoms with Gasteiger partial charge in [0.05, 0.1) is 6.10 Å². The summed E-state index contributed by atoms with van der Waals surface area (Å²) >= 11 is 0. The van der Waals surface area contributed by atoms with Gasteiger partial charge in [0.2, 0.25) is 0 Å². The third-order valence-electron chi connectivity index (χ3n) is 3.47. The molecular weight excluding hydrogens is 236 g/mol. The van der Waals surface area contributed by atoms with Crippen LogP contribution in [0.4, 0.5) is 0 Å². The van der Waals surface area contributed by atoms with Crippen LogP contribution >= 0.6 is 0 Å². The number of ether oxygens (including phenoxy) is 2. The molecular formula is C17H17O2. The molecule has 19 heavy (non-hydrogen) atoms. The molecule has 1 fully saturated rings. The highest BCUT2D eigenvalue weighted by Crippen LogP contribution is 2.40. The van der Waals surface area contributed by atoms with Gasteiger partial charge >= 0.3 is 0 Å². The molecule has 0 amide bonds. The van der Waals surface area contributed by atoms with Gasteiger partial charge in [-0.3, -0.25) is 0 Å². The lowest BCUT2D eigenvalue weighted by atomic mass is 10.0. The van der Waals surface area contributed by atoms with E-state index in [1.54, 1.807) is 0 Å². The molecule has 3 atom stereocenters. The van der Waals surface area contributed by atoms with Crippen molar-refractivity contribution < 1.29 is 9.47 Å². The first kappa shape index (κ1) is 12.4. The molecule has 2 aromatic carbocycles. The molecule has 1 aliphatic rings. The number of aryl methyl sites for hydroxylation is 1. The molecule has 0 bridgehead atoms. The van der Waals surface area contributed by atoms with Gasteiger partial charge in [0.1, 0.15) is 6.10 Å². The van der Waals surface area contributed by atoms with Crippen molar-refractivity contribution in [1.29, 1.82) is 0 Å². The Morgan fingerprint density at radius 1 is 0.895 bits per heavy atom. The van der Waals surface area contributed by atoms with E-state index < -0.39 is 0 Å². The Bertz CT molecular complexity index is 550. The van der Waals surface area contributed by atoms with E-state index in [0.29, 0.717) is 0 Å². The van der Waals surface area contributed by atoms with Crippen LogP contribution in [0.15, 0.2) is 54.6 Å². The smallest absolute Gasteiger partial charge is 0.185 e. The van der Waals surface area contributed by atoms with Gasteiger partial charge in [-0.25, -0.2) is 0 Å². The van der Waals surface area contributed by atoms with Crippen molar-refractivity contribution in [2.45, 2.75) is 25.4 Å². The quantitative estimate of drug-likeness (QED) is 0.805. The molecule has 2 heteroatoms. The Kier molecular flexibility index (Phi) is 3.36. The molecule has 1 radical (unpaired) electrons. The van der Waals surface area contributed by atoms with E-state index in [2.05, 4.69) is 26.0 Å². The molecule has 3 rings (SSSR count). The predicted molar refractivity (Wildman–Crippen MR) is 74.4 cm³/mol. The average Bonchev–Trinajstić information content (AvgIpc) is 2.82. The summed E-state index contributed by atoms with van der Waals surface area (Å²) in [7, 11) is 0. The molecule has 1 aliphatic heterocycles. The van der Waals surface area contributed by atoms with Crippen molar-refractivity contribution in [3.8, 4) is 0 Å². The van der Waals surface area contributed by atoms with Crippen molar-refractivity contribution in [2.75, 3.05) is 0 Å². The summed E-state index contributed by atoms with van der Waals surface area (Å²) in [6.07, 6.45) is -0.619. The second-order valence-corrected chi connectivity index (χ2v) is 4.83. The lowest BCUT2D eigenvalue weighted by Gasteiger charge is -2.15. The largest absolute Gasteiger partial charge is 0.342 e. The fourth-order valence-electron chi connectivity index (χ4n) is 2.43. The molecule has 97 valence electrons. The molecule has 0 N–H and O–H groups in total. The monoisotopic (exact) mass is 253 g/mol. The predicted octanol–water partition coefficient (Wildman–Crippen LogP) is 3.98. The van der Waals surface area contributed by atoms with Gasteiger partial charge in [-0.1, -0.05) is 54.6 Å². The molecule has 2 aromatic rings. The number of hydrogen-bond acceptors (Lipinski definition) is 2. The van der Waals surface area contributed by atoms with Crippen molar-refractivity contribution in [3.63, 3.8) is 0 Å². The average molecular weight is 253 g/mol. The van der Waals surface area contributed by atoms with Gasteiger partial charge in [0.25, 0.3) is 0 Å². The van der Waals surface area contributed by atoms with Crippen LogP contribution in [0.3, 0.4) is 0 Å². The maximum Gasteiger partial charge on any atom is 0.185 e. The van der Waals surface area contributed by atoms with Crippen LogP contribution in [0.5, 0.6) is 0 Å². The topological polar surface area (TPSA) is 18.5 Å². The zero-order chi connectivity index (χ0) is 13.2. The van der Waals surface area contributed by atoms with E-state index in [1.165, 1.54) is 5.56 Å². The van der Waals surface area contributed by atoms with Gasteiger partial charge in [0, 0.05) is 5.56 Å². The molecule has 2 nitrogen and oxygen atoms in total. The van der Waals surface area contributed by atoms with Crippen molar-refractivity contribution >= 4 is 0 Å². The van der Waals surface area contributed by atoms with E-state index >= 15 is 0 Å². The molecule has 0 aliphatic carbocycles. The maximum atomic E-state index is 6.04. The fourth-order valence-corrected chi connectivity index (χ4v) is 2.43. The molecule has 1 heterocycles. The highest BCUT2D eigenvalue weighted by Gasteiger charge is 2.35. The minimum absolute atomic E-state index is 0.105. The van der Waals surface area contributed by atoms with Crippen LogP contribution in [0.25, 0.3) is 0 Å². The first-order valence-corrected chi connectivity index (χ1v) is 6.50. The third kappa shape index (κ3) is 2.42. The van der Waals surface area contributed by atoms with E-state index in [4.69, 9.17) is 9.47 Å². The Balaban J connectivity index is 1.85. The fraction of sp³-hybridized carbons (Fsp3) is 0.235. The Hall–Kier alpha value is -1.64. The lowest BCUT2D eigenvalue weighted by Crippen LogP contribution is -2.11. The minimum Gasteiger partial charge on any atom is -0.342 e. The molecule has 3 unspecified atom stereocenters. The summed E-state index contributed by atoms with van der Waals surface area (Å²) in [4.78, 5) is 0. The zero-order valence-electron chi connectivity index (χ0n) is 11.0. The lowest BCUT2D eigenvalue weighted by molar-refractivity contribution is -0.0657. The molecule has 0 saturated carbocycles. The van der Waals surface area contributed by atoms with Gasteiger partial charge < -0.3 is 9.47 Å².